The van der Waals surface area contributed by atoms with Crippen molar-refractivity contribution in [3.05, 3.63) is 36.2 Å². The fourth-order valence-corrected chi connectivity index (χ4v) is 7.20. The molecule has 8 heteroatoms. The van der Waals surface area contributed by atoms with E-state index in [0.717, 1.165) is 31.4 Å². The molecule has 7 nitrogen and oxygen atoms in total. The van der Waals surface area contributed by atoms with E-state index in [-0.39, 0.29) is 0 Å². The second kappa shape index (κ2) is 34.2. The number of aromatic nitrogens is 3. The standard InChI is InChI=1S/C40H77N4O3P/c1-4-6-8-10-12-14-16-18-20-22-24-26-28-30-32-34-36-46-48(45,41-38-40-39-44(3)43-42-40)47-37-35-33-31-29-27-25-23-21-19-17-15-13-11-9-7-5-2/h18-21,39H,4-17,22-38H2,1-3H3,(H,41,45). The third kappa shape index (κ3) is 29.6. The van der Waals surface area contributed by atoms with E-state index in [4.69, 9.17) is 9.05 Å². The van der Waals surface area contributed by atoms with E-state index < -0.39 is 7.75 Å². The Labute approximate surface area is 297 Å². The van der Waals surface area contributed by atoms with Gasteiger partial charge in [-0.25, -0.2) is 9.65 Å². The number of allylic oxidation sites excluding steroid dienone is 4. The average molecular weight is 693 g/mol. The van der Waals surface area contributed by atoms with Crippen molar-refractivity contribution < 1.29 is 13.6 Å². The Kier molecular flexibility index (Phi) is 31.9. The van der Waals surface area contributed by atoms with E-state index in [0.29, 0.717) is 19.8 Å². The van der Waals surface area contributed by atoms with Crippen LogP contribution in [0.25, 0.3) is 0 Å². The average Bonchev–Trinajstić information content (AvgIpc) is 3.51. The summed E-state index contributed by atoms with van der Waals surface area (Å²) in [6.07, 6.45) is 46.7. The SMILES string of the molecule is CCCCCCCCC=CCCCCCCCCOP(=O)(NCc1cn(C)nn1)OCCCCCCCCC=CCCCCCCCC. The van der Waals surface area contributed by atoms with Crippen LogP contribution in [-0.2, 0) is 27.2 Å². The van der Waals surface area contributed by atoms with Crippen LogP contribution in [0.5, 0.6) is 0 Å². The quantitative estimate of drug-likeness (QED) is 0.0425. The minimum atomic E-state index is -3.40. The number of nitrogens with one attached hydrogen (secondary N) is 1. The molecule has 1 rings (SSSR count). The van der Waals surface area contributed by atoms with Gasteiger partial charge in [0.2, 0.25) is 0 Å². The summed E-state index contributed by atoms with van der Waals surface area (Å²) in [7, 11) is -1.57. The number of aryl methyl sites for hydroxylation is 1. The van der Waals surface area contributed by atoms with E-state index in [9.17, 15) is 4.57 Å². The molecule has 0 aliphatic carbocycles. The van der Waals surface area contributed by atoms with E-state index in [1.807, 2.05) is 13.2 Å². The first-order valence-electron chi connectivity index (χ1n) is 20.4. The lowest BCUT2D eigenvalue weighted by Crippen LogP contribution is -2.16. The molecule has 0 atom stereocenters. The second-order valence-corrected chi connectivity index (χ2v) is 15.6. The van der Waals surface area contributed by atoms with Gasteiger partial charge < -0.3 is 0 Å². The van der Waals surface area contributed by atoms with Crippen LogP contribution in [0, 0.1) is 0 Å². The summed E-state index contributed by atoms with van der Waals surface area (Å²) in [5.41, 5.74) is 0.722. The molecular weight excluding hydrogens is 615 g/mol. The summed E-state index contributed by atoms with van der Waals surface area (Å²) in [6.45, 7) is 5.75. The minimum absolute atomic E-state index is 0.311. The molecule has 0 aliphatic rings. The highest BCUT2D eigenvalue weighted by atomic mass is 31.2. The van der Waals surface area contributed by atoms with Crippen LogP contribution in [0.1, 0.15) is 199 Å². The molecule has 48 heavy (non-hydrogen) atoms. The molecule has 0 radical (unpaired) electrons. The molecule has 0 fully saturated rings. The molecular formula is C40H77N4O3P. The van der Waals surface area contributed by atoms with Crippen LogP contribution >= 0.6 is 7.75 Å². The summed E-state index contributed by atoms with van der Waals surface area (Å²) < 4.78 is 26.8. The van der Waals surface area contributed by atoms with Crippen molar-refractivity contribution in [2.75, 3.05) is 13.2 Å². The fourth-order valence-electron chi connectivity index (χ4n) is 5.85. The first-order valence-corrected chi connectivity index (χ1v) is 21.9. The van der Waals surface area contributed by atoms with Gasteiger partial charge in [0.1, 0.15) is 0 Å². The zero-order chi connectivity index (χ0) is 34.6. The van der Waals surface area contributed by atoms with Crippen molar-refractivity contribution in [2.24, 2.45) is 7.05 Å². The van der Waals surface area contributed by atoms with Gasteiger partial charge in [0.25, 0.3) is 0 Å². The molecule has 1 aromatic heterocycles. The van der Waals surface area contributed by atoms with E-state index >= 15 is 0 Å². The number of hydrogen-bond acceptors (Lipinski definition) is 5. The van der Waals surface area contributed by atoms with Gasteiger partial charge in [0.05, 0.1) is 25.5 Å². The maximum atomic E-state index is 13.5. The Morgan fingerprint density at radius 3 is 1.29 bits per heavy atom. The molecule has 280 valence electrons. The van der Waals surface area contributed by atoms with Crippen LogP contribution < -0.4 is 5.09 Å². The third-order valence-electron chi connectivity index (χ3n) is 8.94. The molecule has 1 heterocycles. The van der Waals surface area contributed by atoms with Gasteiger partial charge in [-0.05, 0) is 64.2 Å². The summed E-state index contributed by atoms with van der Waals surface area (Å²) in [5.74, 6) is 0. The number of unbranched alkanes of at least 4 members (excludes halogenated alkanes) is 24. The maximum Gasteiger partial charge on any atom is 0.405 e. The highest BCUT2D eigenvalue weighted by Crippen LogP contribution is 2.44. The Balaban J connectivity index is 2.11. The van der Waals surface area contributed by atoms with Gasteiger partial charge in [-0.15, -0.1) is 5.10 Å². The molecule has 1 N–H and O–H groups in total. The normalized spacial score (nSPS) is 13.3. The molecule has 0 saturated heterocycles. The predicted molar refractivity (Wildman–Crippen MR) is 206 cm³/mol. The van der Waals surface area contributed by atoms with Crippen molar-refractivity contribution in [1.82, 2.24) is 20.1 Å². The van der Waals surface area contributed by atoms with E-state index in [1.165, 1.54) is 154 Å². The Bertz CT molecular complexity index is 872. The van der Waals surface area contributed by atoms with Gasteiger partial charge in [-0.3, -0.25) is 13.7 Å². The van der Waals surface area contributed by atoms with Crippen molar-refractivity contribution in [3.63, 3.8) is 0 Å². The van der Waals surface area contributed by atoms with Gasteiger partial charge in [0, 0.05) is 13.2 Å². The highest BCUT2D eigenvalue weighted by molar-refractivity contribution is 7.51. The van der Waals surface area contributed by atoms with E-state index in [1.54, 1.807) is 4.68 Å². The number of nitrogens with zero attached hydrogens (tertiary/aromatic N) is 3. The van der Waals surface area contributed by atoms with E-state index in [2.05, 4.69) is 53.6 Å². The van der Waals surface area contributed by atoms with Crippen molar-refractivity contribution in [1.29, 1.82) is 0 Å². The number of hydrogen-bond donors (Lipinski definition) is 1. The molecule has 0 saturated carbocycles. The van der Waals surface area contributed by atoms with Crippen LogP contribution in [0.2, 0.25) is 0 Å². The molecule has 1 aromatic rings. The molecule has 0 aromatic carbocycles. The Morgan fingerprint density at radius 2 is 0.938 bits per heavy atom. The maximum absolute atomic E-state index is 13.5. The largest absolute Gasteiger partial charge is 0.405 e. The summed E-state index contributed by atoms with van der Waals surface area (Å²) in [5, 5.41) is 11.1. The summed E-state index contributed by atoms with van der Waals surface area (Å²) in [4.78, 5) is 0. The van der Waals surface area contributed by atoms with Crippen molar-refractivity contribution in [3.8, 4) is 0 Å². The zero-order valence-corrected chi connectivity index (χ0v) is 32.7. The molecule has 0 spiro atoms. The van der Waals surface area contributed by atoms with Crippen LogP contribution in [-0.4, -0.2) is 28.2 Å². The monoisotopic (exact) mass is 693 g/mol. The lowest BCUT2D eigenvalue weighted by Gasteiger charge is -2.19. The van der Waals surface area contributed by atoms with Gasteiger partial charge >= 0.3 is 7.75 Å². The summed E-state index contributed by atoms with van der Waals surface area (Å²) in [6, 6.07) is 0. The first-order chi connectivity index (χ1) is 23.6. The smallest absolute Gasteiger partial charge is 0.297 e. The highest BCUT2D eigenvalue weighted by Gasteiger charge is 2.24. The van der Waals surface area contributed by atoms with Crippen LogP contribution in [0.15, 0.2) is 30.5 Å². The van der Waals surface area contributed by atoms with Crippen molar-refractivity contribution >= 4 is 7.75 Å². The lowest BCUT2D eigenvalue weighted by atomic mass is 10.1. The molecule has 0 aliphatic heterocycles. The fraction of sp³-hybridized carbons (Fsp3) is 0.850. The lowest BCUT2D eigenvalue weighted by molar-refractivity contribution is 0.188. The zero-order valence-electron chi connectivity index (χ0n) is 31.8. The first kappa shape index (κ1) is 44.8. The van der Waals surface area contributed by atoms with Crippen LogP contribution in [0.3, 0.4) is 0 Å². The summed E-state index contributed by atoms with van der Waals surface area (Å²) >= 11 is 0. The third-order valence-corrected chi connectivity index (χ3v) is 10.5. The molecule has 0 unspecified atom stereocenters. The molecule has 0 bridgehead atoms. The molecule has 0 amide bonds. The Morgan fingerprint density at radius 1 is 0.583 bits per heavy atom. The number of rotatable bonds is 37. The topological polar surface area (TPSA) is 78.3 Å². The van der Waals surface area contributed by atoms with Gasteiger partial charge in [-0.1, -0.05) is 159 Å². The van der Waals surface area contributed by atoms with Gasteiger partial charge in [0.15, 0.2) is 0 Å². The Hall–Kier alpha value is -1.27. The predicted octanol–water partition coefficient (Wildman–Crippen LogP) is 13.1. The van der Waals surface area contributed by atoms with Crippen molar-refractivity contribution in [2.45, 2.75) is 200 Å². The second-order valence-electron chi connectivity index (χ2n) is 13.8. The van der Waals surface area contributed by atoms with Crippen LogP contribution in [0.4, 0.5) is 0 Å². The van der Waals surface area contributed by atoms with Gasteiger partial charge in [-0.2, -0.15) is 0 Å². The minimum Gasteiger partial charge on any atom is -0.297 e.